The van der Waals surface area contributed by atoms with E-state index in [4.69, 9.17) is 16.4 Å². The van der Waals surface area contributed by atoms with Crippen molar-refractivity contribution in [2.75, 3.05) is 6.54 Å². The van der Waals surface area contributed by atoms with Crippen molar-refractivity contribution in [1.82, 2.24) is 25.8 Å². The normalized spacial score (nSPS) is 25.3. The molecule has 1 spiro atoms. The molecule has 2 saturated carbocycles. The zero-order valence-corrected chi connectivity index (χ0v) is 29.7. The lowest BCUT2D eigenvalue weighted by atomic mass is 9.85. The van der Waals surface area contributed by atoms with Crippen molar-refractivity contribution >= 4 is 46.7 Å². The van der Waals surface area contributed by atoms with Crippen LogP contribution in [0.5, 0.6) is 0 Å². The van der Waals surface area contributed by atoms with Gasteiger partial charge >= 0.3 is 0 Å². The number of ketones is 1. The largest absolute Gasteiger partial charge is 0.387 e. The van der Waals surface area contributed by atoms with Gasteiger partial charge in [-0.2, -0.15) is 0 Å². The molecule has 0 bridgehead atoms. The third kappa shape index (κ3) is 7.85. The number of pyridine rings is 1. The first kappa shape index (κ1) is 35.5. The van der Waals surface area contributed by atoms with Crippen LogP contribution >= 0.6 is 11.6 Å². The van der Waals surface area contributed by atoms with Crippen molar-refractivity contribution in [1.29, 1.82) is 0 Å². The number of aromatic nitrogens is 1. The number of halogens is 1. The maximum absolute atomic E-state index is 14.6. The van der Waals surface area contributed by atoms with E-state index in [-0.39, 0.29) is 43.2 Å². The van der Waals surface area contributed by atoms with Crippen molar-refractivity contribution in [3.8, 4) is 0 Å². The second-order valence-electron chi connectivity index (χ2n) is 15.2. The van der Waals surface area contributed by atoms with Gasteiger partial charge in [0.25, 0.3) is 5.91 Å². The second-order valence-corrected chi connectivity index (χ2v) is 15.6. The van der Waals surface area contributed by atoms with Crippen LogP contribution in [0, 0.1) is 11.3 Å². The first-order valence-corrected chi connectivity index (χ1v) is 17.8. The maximum Gasteiger partial charge on any atom is 0.289 e. The van der Waals surface area contributed by atoms with E-state index in [0.717, 1.165) is 24.0 Å². The van der Waals surface area contributed by atoms with E-state index >= 15 is 0 Å². The monoisotopic (exact) mass is 704 g/mol. The number of nitrogens with one attached hydrogen (secondary N) is 3. The lowest BCUT2D eigenvalue weighted by Gasteiger charge is -2.35. The molecule has 3 heterocycles. The van der Waals surface area contributed by atoms with Gasteiger partial charge in [-0.3, -0.25) is 29.0 Å². The van der Waals surface area contributed by atoms with E-state index in [0.29, 0.717) is 30.0 Å². The highest BCUT2D eigenvalue weighted by molar-refractivity contribution is 6.38. The second kappa shape index (κ2) is 14.1. The molecule has 266 valence electrons. The molecule has 1 aromatic carbocycles. The molecule has 50 heavy (non-hydrogen) atoms. The molecule has 1 aromatic heterocycles. The Bertz CT molecular complexity index is 1690. The number of Topliss-reactive ketones (excluding diaryl/α,β-unsaturated/α-hetero) is 1. The zero-order chi connectivity index (χ0) is 35.8. The van der Waals surface area contributed by atoms with Crippen molar-refractivity contribution < 1.29 is 28.8 Å². The van der Waals surface area contributed by atoms with Gasteiger partial charge in [0.2, 0.25) is 23.5 Å². The lowest BCUT2D eigenvalue weighted by Crippen LogP contribution is -2.59. The summed E-state index contributed by atoms with van der Waals surface area (Å²) >= 11 is 6.25. The first-order valence-electron chi connectivity index (χ1n) is 17.5. The van der Waals surface area contributed by atoms with E-state index < -0.39 is 52.6 Å². The molecule has 6 atom stereocenters. The fourth-order valence-corrected chi connectivity index (χ4v) is 7.14. The van der Waals surface area contributed by atoms with Gasteiger partial charge in [-0.1, -0.05) is 63.0 Å². The van der Waals surface area contributed by atoms with Crippen LogP contribution in [0.4, 0.5) is 0 Å². The number of carbonyl (C=O) groups excluding carboxylic acids is 5. The molecular formula is C37H45ClN6O6. The summed E-state index contributed by atoms with van der Waals surface area (Å²) < 4.78 is 0. The molecule has 3 fully saturated rings. The minimum atomic E-state index is -1.05. The highest BCUT2D eigenvalue weighted by Gasteiger charge is 2.56. The molecule has 2 aromatic rings. The Morgan fingerprint density at radius 3 is 2.46 bits per heavy atom. The quantitative estimate of drug-likeness (QED) is 0.285. The van der Waals surface area contributed by atoms with Crippen LogP contribution in [0.15, 0.2) is 53.9 Å². The molecule has 1 saturated heterocycles. The van der Waals surface area contributed by atoms with Gasteiger partial charge < -0.3 is 25.7 Å². The molecule has 6 rings (SSSR count). The molecule has 4 aliphatic rings. The standard InChI is InChI=1S/C37H45ClN6O6/c1-5-7-27(30(45)34(48)40-24-10-11-24)41-33(47)29-19-37(18-28(43-50-37)22-8-6-9-23(38)16-22)20-44(29)35(49)31(36(2,3)4)42-32(46)26-17-25(26)21-12-14-39-15-13-21/h6,8-9,12-16,24-27,29,31H,5,7,10-11,17-20H2,1-4H3,(H,40,48)(H,41,47)(H,42,46)/t25?,26?,27-,29-,31+,37+/m0/s1. The summed E-state index contributed by atoms with van der Waals surface area (Å²) in [5.41, 5.74) is 0.674. The summed E-state index contributed by atoms with van der Waals surface area (Å²) in [7, 11) is 0. The Kier molecular flexibility index (Phi) is 10.0. The topological polar surface area (TPSA) is 159 Å². The average Bonchev–Trinajstić information content (AvgIpc) is 4.00. The molecule has 2 aliphatic carbocycles. The molecule has 0 radical (unpaired) electrons. The van der Waals surface area contributed by atoms with Gasteiger partial charge in [-0.25, -0.2) is 0 Å². The number of likely N-dealkylation sites (tertiary alicyclic amines) is 1. The van der Waals surface area contributed by atoms with Crippen molar-refractivity contribution in [2.45, 2.75) is 108 Å². The summed E-state index contributed by atoms with van der Waals surface area (Å²) in [5.74, 6) is -2.91. The van der Waals surface area contributed by atoms with Crippen LogP contribution in [0.25, 0.3) is 0 Å². The third-order valence-electron chi connectivity index (χ3n) is 9.99. The summed E-state index contributed by atoms with van der Waals surface area (Å²) in [5, 5.41) is 13.4. The Morgan fingerprint density at radius 1 is 1.06 bits per heavy atom. The predicted molar refractivity (Wildman–Crippen MR) is 186 cm³/mol. The molecular weight excluding hydrogens is 660 g/mol. The van der Waals surface area contributed by atoms with E-state index in [1.165, 1.54) is 4.90 Å². The fourth-order valence-electron chi connectivity index (χ4n) is 6.95. The Labute approximate surface area is 297 Å². The Hall–Kier alpha value is -4.32. The highest BCUT2D eigenvalue weighted by Crippen LogP contribution is 2.48. The number of rotatable bonds is 12. The molecule has 2 unspecified atom stereocenters. The minimum Gasteiger partial charge on any atom is -0.387 e. The first-order chi connectivity index (χ1) is 23.8. The molecule has 3 N–H and O–H groups in total. The maximum atomic E-state index is 14.6. The fraction of sp³-hybridized carbons (Fsp3) is 0.541. The number of hydrogen-bond acceptors (Lipinski definition) is 8. The van der Waals surface area contributed by atoms with Gasteiger partial charge in [0.15, 0.2) is 5.60 Å². The molecule has 13 heteroatoms. The number of amides is 4. The summed E-state index contributed by atoms with van der Waals surface area (Å²) in [4.78, 5) is 79.9. The zero-order valence-electron chi connectivity index (χ0n) is 28.9. The van der Waals surface area contributed by atoms with Gasteiger partial charge in [0.1, 0.15) is 12.1 Å². The Morgan fingerprint density at radius 2 is 1.80 bits per heavy atom. The lowest BCUT2D eigenvalue weighted by molar-refractivity contribution is -0.145. The summed E-state index contributed by atoms with van der Waals surface area (Å²) in [6.45, 7) is 7.49. The molecule has 12 nitrogen and oxygen atoms in total. The van der Waals surface area contributed by atoms with Crippen LogP contribution in [0.2, 0.25) is 5.02 Å². The van der Waals surface area contributed by atoms with Gasteiger partial charge in [0.05, 0.1) is 18.3 Å². The van der Waals surface area contributed by atoms with Gasteiger partial charge in [-0.15, -0.1) is 0 Å². The van der Waals surface area contributed by atoms with E-state index in [1.807, 2.05) is 52.0 Å². The van der Waals surface area contributed by atoms with E-state index in [1.54, 1.807) is 24.5 Å². The van der Waals surface area contributed by atoms with Crippen LogP contribution in [-0.2, 0) is 28.8 Å². The number of benzene rings is 1. The van der Waals surface area contributed by atoms with E-state index in [2.05, 4.69) is 26.1 Å². The minimum absolute atomic E-state index is 0.0133. The summed E-state index contributed by atoms with van der Waals surface area (Å²) in [6, 6.07) is 7.91. The SMILES string of the molecule is CCC[C@H](NC(=O)[C@@H]1C[C@]2(CC(c3cccc(Cl)c3)=NO2)CN1C(=O)[C@@H](NC(=O)C1CC1c1ccncc1)C(C)(C)C)C(=O)C(=O)NC1CC1. The van der Waals surface area contributed by atoms with E-state index in [9.17, 15) is 24.0 Å². The summed E-state index contributed by atoms with van der Waals surface area (Å²) in [6.07, 6.45) is 6.91. The van der Waals surface area contributed by atoms with Crippen LogP contribution in [0.3, 0.4) is 0 Å². The number of nitrogens with zero attached hydrogens (tertiary/aromatic N) is 3. The van der Waals surface area contributed by atoms with Gasteiger partial charge in [0, 0.05) is 47.8 Å². The third-order valence-corrected chi connectivity index (χ3v) is 10.2. The molecule has 4 amide bonds. The number of carbonyl (C=O) groups is 5. The van der Waals surface area contributed by atoms with Crippen LogP contribution < -0.4 is 16.0 Å². The van der Waals surface area contributed by atoms with Crippen molar-refractivity contribution in [3.05, 3.63) is 64.9 Å². The highest BCUT2D eigenvalue weighted by atomic mass is 35.5. The predicted octanol–water partition coefficient (Wildman–Crippen LogP) is 3.67. The van der Waals surface area contributed by atoms with Gasteiger partial charge in [-0.05, 0) is 66.8 Å². The van der Waals surface area contributed by atoms with Crippen molar-refractivity contribution in [2.24, 2.45) is 16.5 Å². The van der Waals surface area contributed by atoms with Crippen LogP contribution in [0.1, 0.15) is 89.7 Å². The van der Waals surface area contributed by atoms with Crippen LogP contribution in [-0.4, -0.2) is 81.3 Å². The smallest absolute Gasteiger partial charge is 0.289 e. The number of hydrogen-bond donors (Lipinski definition) is 3. The average molecular weight is 705 g/mol. The van der Waals surface area contributed by atoms with Crippen molar-refractivity contribution in [3.63, 3.8) is 0 Å². The number of oxime groups is 1. The molecule has 2 aliphatic heterocycles. The Balaban J connectivity index is 1.24.